The fraction of sp³-hybridized carbons (Fsp3) is 0.455. The molecule has 0 fully saturated rings. The second-order valence-corrected chi connectivity index (χ2v) is 6.12. The van der Waals surface area contributed by atoms with E-state index in [1.165, 1.54) is 0 Å². The van der Waals surface area contributed by atoms with Crippen molar-refractivity contribution in [2.75, 3.05) is 11.1 Å². The van der Waals surface area contributed by atoms with Crippen molar-refractivity contribution in [1.29, 1.82) is 0 Å². The van der Waals surface area contributed by atoms with Crippen LogP contribution in [0.4, 0.5) is 5.95 Å². The molecule has 0 unspecified atom stereocenters. The summed E-state index contributed by atoms with van der Waals surface area (Å²) in [5, 5.41) is 12.3. The SMILES string of the molecule is Cc1nc(NC(=O)CCSCc2csc(C)n2)n[nH]1. The predicted octanol–water partition coefficient (Wildman–Crippen LogP) is 2.14. The van der Waals surface area contributed by atoms with Gasteiger partial charge in [-0.1, -0.05) is 0 Å². The number of nitrogens with one attached hydrogen (secondary N) is 2. The van der Waals surface area contributed by atoms with Crippen molar-refractivity contribution >= 4 is 35.0 Å². The molecule has 2 rings (SSSR count). The number of nitrogens with zero attached hydrogens (tertiary/aromatic N) is 3. The van der Waals surface area contributed by atoms with E-state index in [1.54, 1.807) is 30.0 Å². The topological polar surface area (TPSA) is 83.6 Å². The van der Waals surface area contributed by atoms with Crippen LogP contribution < -0.4 is 5.32 Å². The number of hydrogen-bond donors (Lipinski definition) is 2. The molecule has 0 atom stereocenters. The number of rotatable bonds is 6. The van der Waals surface area contributed by atoms with Crippen LogP contribution in [0.5, 0.6) is 0 Å². The molecule has 0 aliphatic heterocycles. The summed E-state index contributed by atoms with van der Waals surface area (Å²) < 4.78 is 0. The van der Waals surface area contributed by atoms with E-state index >= 15 is 0 Å². The number of aromatic nitrogens is 4. The molecule has 2 heterocycles. The van der Waals surface area contributed by atoms with E-state index in [1.807, 2.05) is 6.92 Å². The van der Waals surface area contributed by atoms with Gasteiger partial charge in [0.2, 0.25) is 11.9 Å². The maximum absolute atomic E-state index is 11.6. The molecule has 0 bridgehead atoms. The standard InChI is InChI=1S/C11H15N5OS2/c1-7-12-11(16-15-7)14-10(17)3-4-18-5-9-6-19-8(2)13-9/h6H,3-5H2,1-2H3,(H2,12,14,15,16,17). The average Bonchev–Trinajstić information content (AvgIpc) is 2.94. The summed E-state index contributed by atoms with van der Waals surface area (Å²) in [7, 11) is 0. The van der Waals surface area contributed by atoms with Crippen molar-refractivity contribution in [2.45, 2.75) is 26.0 Å². The Morgan fingerprint density at radius 2 is 2.32 bits per heavy atom. The number of carbonyl (C=O) groups is 1. The normalized spacial score (nSPS) is 10.6. The highest BCUT2D eigenvalue weighted by atomic mass is 32.2. The number of aromatic amines is 1. The number of hydrogen-bond acceptors (Lipinski definition) is 6. The maximum atomic E-state index is 11.6. The molecule has 0 aliphatic rings. The van der Waals surface area contributed by atoms with Gasteiger partial charge in [0.25, 0.3) is 0 Å². The molecule has 102 valence electrons. The molecule has 0 saturated carbocycles. The summed E-state index contributed by atoms with van der Waals surface area (Å²) in [5.74, 6) is 2.55. The summed E-state index contributed by atoms with van der Waals surface area (Å²) in [4.78, 5) is 20.0. The van der Waals surface area contributed by atoms with Crippen LogP contribution in [0, 0.1) is 13.8 Å². The zero-order valence-electron chi connectivity index (χ0n) is 10.8. The quantitative estimate of drug-likeness (QED) is 0.798. The van der Waals surface area contributed by atoms with E-state index in [4.69, 9.17) is 0 Å². The van der Waals surface area contributed by atoms with Gasteiger partial charge < -0.3 is 0 Å². The van der Waals surface area contributed by atoms with Crippen LogP contribution in [0.15, 0.2) is 5.38 Å². The number of aryl methyl sites for hydroxylation is 2. The Morgan fingerprint density at radius 1 is 1.47 bits per heavy atom. The summed E-state index contributed by atoms with van der Waals surface area (Å²) >= 11 is 3.35. The van der Waals surface area contributed by atoms with Crippen molar-refractivity contribution in [2.24, 2.45) is 0 Å². The fourth-order valence-corrected chi connectivity index (χ4v) is 2.95. The van der Waals surface area contributed by atoms with E-state index < -0.39 is 0 Å². The van der Waals surface area contributed by atoms with Crippen molar-refractivity contribution < 1.29 is 4.79 Å². The van der Waals surface area contributed by atoms with Crippen LogP contribution in [0.25, 0.3) is 0 Å². The summed E-state index contributed by atoms with van der Waals surface area (Å²) in [6, 6.07) is 0. The second-order valence-electron chi connectivity index (χ2n) is 3.95. The fourth-order valence-electron chi connectivity index (χ4n) is 1.40. The molecule has 0 radical (unpaired) electrons. The zero-order valence-corrected chi connectivity index (χ0v) is 12.4. The first-order chi connectivity index (χ1) is 9.13. The van der Waals surface area contributed by atoms with Crippen LogP contribution >= 0.6 is 23.1 Å². The number of H-pyrrole nitrogens is 1. The third-order valence-electron chi connectivity index (χ3n) is 2.24. The molecule has 0 saturated heterocycles. The van der Waals surface area contributed by atoms with Crippen molar-refractivity contribution in [3.05, 3.63) is 21.9 Å². The number of thiazole rings is 1. The van der Waals surface area contributed by atoms with Crippen molar-refractivity contribution in [3.8, 4) is 0 Å². The highest BCUT2D eigenvalue weighted by Crippen LogP contribution is 2.15. The molecular formula is C11H15N5OS2. The lowest BCUT2D eigenvalue weighted by Gasteiger charge is -2.00. The molecule has 1 amide bonds. The van der Waals surface area contributed by atoms with Crippen LogP contribution in [0.1, 0.15) is 22.9 Å². The van der Waals surface area contributed by atoms with Crippen LogP contribution in [-0.2, 0) is 10.5 Å². The second kappa shape index (κ2) is 6.67. The highest BCUT2D eigenvalue weighted by Gasteiger charge is 2.06. The van der Waals surface area contributed by atoms with Gasteiger partial charge in [-0.3, -0.25) is 15.2 Å². The lowest BCUT2D eigenvalue weighted by Crippen LogP contribution is -2.13. The smallest absolute Gasteiger partial charge is 0.248 e. The molecule has 0 aromatic carbocycles. The Morgan fingerprint density at radius 3 is 2.95 bits per heavy atom. The first kappa shape index (κ1) is 14.0. The van der Waals surface area contributed by atoms with Gasteiger partial charge in [-0.2, -0.15) is 16.7 Å². The minimum Gasteiger partial charge on any atom is -0.293 e. The van der Waals surface area contributed by atoms with E-state index in [0.717, 1.165) is 22.2 Å². The summed E-state index contributed by atoms with van der Waals surface area (Å²) in [5.41, 5.74) is 1.08. The van der Waals surface area contributed by atoms with Crippen molar-refractivity contribution in [3.63, 3.8) is 0 Å². The molecule has 2 N–H and O–H groups in total. The summed E-state index contributed by atoms with van der Waals surface area (Å²) in [6.45, 7) is 3.78. The van der Waals surface area contributed by atoms with Gasteiger partial charge >= 0.3 is 0 Å². The molecule has 0 spiro atoms. The van der Waals surface area contributed by atoms with Gasteiger partial charge in [0.15, 0.2) is 0 Å². The largest absolute Gasteiger partial charge is 0.293 e. The van der Waals surface area contributed by atoms with Gasteiger partial charge in [0, 0.05) is 23.3 Å². The Labute approximate surface area is 119 Å². The Balaban J connectivity index is 1.64. The first-order valence-corrected chi connectivity index (χ1v) is 7.84. The monoisotopic (exact) mass is 297 g/mol. The maximum Gasteiger partial charge on any atom is 0.248 e. The zero-order chi connectivity index (χ0) is 13.7. The molecular weight excluding hydrogens is 282 g/mol. The van der Waals surface area contributed by atoms with E-state index in [-0.39, 0.29) is 5.91 Å². The average molecular weight is 297 g/mol. The highest BCUT2D eigenvalue weighted by molar-refractivity contribution is 7.98. The Kier molecular flexibility index (Phi) is 4.92. The lowest BCUT2D eigenvalue weighted by molar-refractivity contribution is -0.115. The van der Waals surface area contributed by atoms with Gasteiger partial charge in [-0.05, 0) is 13.8 Å². The Hall–Kier alpha value is -1.41. The third kappa shape index (κ3) is 4.64. The van der Waals surface area contributed by atoms with Crippen LogP contribution in [-0.4, -0.2) is 31.8 Å². The predicted molar refractivity (Wildman–Crippen MR) is 77.4 cm³/mol. The molecule has 8 heteroatoms. The molecule has 19 heavy (non-hydrogen) atoms. The molecule has 0 aliphatic carbocycles. The first-order valence-electron chi connectivity index (χ1n) is 5.81. The van der Waals surface area contributed by atoms with Gasteiger partial charge in [-0.15, -0.1) is 16.4 Å². The molecule has 6 nitrogen and oxygen atoms in total. The van der Waals surface area contributed by atoms with Gasteiger partial charge in [0.1, 0.15) is 5.82 Å². The minimum atomic E-state index is -0.0686. The van der Waals surface area contributed by atoms with Crippen LogP contribution in [0.3, 0.4) is 0 Å². The third-order valence-corrected chi connectivity index (χ3v) is 4.05. The van der Waals surface area contributed by atoms with Crippen molar-refractivity contribution in [1.82, 2.24) is 20.2 Å². The minimum absolute atomic E-state index is 0.0686. The van der Waals surface area contributed by atoms with E-state index in [2.05, 4.69) is 30.9 Å². The Bertz CT molecular complexity index is 551. The van der Waals surface area contributed by atoms with E-state index in [0.29, 0.717) is 18.2 Å². The summed E-state index contributed by atoms with van der Waals surface area (Å²) in [6.07, 6.45) is 0.446. The van der Waals surface area contributed by atoms with Gasteiger partial charge in [-0.25, -0.2) is 4.98 Å². The van der Waals surface area contributed by atoms with Crippen LogP contribution in [0.2, 0.25) is 0 Å². The lowest BCUT2D eigenvalue weighted by atomic mass is 10.4. The molecule has 2 aromatic rings. The number of anilines is 1. The number of amides is 1. The molecule has 2 aromatic heterocycles. The van der Waals surface area contributed by atoms with Gasteiger partial charge in [0.05, 0.1) is 10.7 Å². The number of thioether (sulfide) groups is 1. The van der Waals surface area contributed by atoms with E-state index in [9.17, 15) is 4.79 Å². The number of carbonyl (C=O) groups excluding carboxylic acids is 1.